The van der Waals surface area contributed by atoms with Crippen LogP contribution < -0.4 is 0 Å². The number of halogens is 3. The summed E-state index contributed by atoms with van der Waals surface area (Å²) in [6.07, 6.45) is -2.87. The van der Waals surface area contributed by atoms with E-state index >= 15 is 0 Å². The molecule has 0 N–H and O–H groups in total. The number of aromatic nitrogens is 1. The third kappa shape index (κ3) is 2.50. The van der Waals surface area contributed by atoms with Crippen LogP contribution in [-0.4, -0.2) is 17.6 Å². The molecule has 1 aromatic rings. The van der Waals surface area contributed by atoms with Gasteiger partial charge in [0.25, 0.3) is 6.43 Å². The van der Waals surface area contributed by atoms with Gasteiger partial charge < -0.3 is 4.74 Å². The molecule has 0 unspecified atom stereocenters. The molecule has 0 amide bonds. The number of carbonyl (C=O) groups excluding carboxylic acids is 1. The Kier molecular flexibility index (Phi) is 3.87. The van der Waals surface area contributed by atoms with Crippen molar-refractivity contribution in [3.63, 3.8) is 0 Å². The maximum absolute atomic E-state index is 13.3. The first-order valence-corrected chi connectivity index (χ1v) is 4.59. The zero-order valence-corrected chi connectivity index (χ0v) is 8.76. The second-order valence-electron chi connectivity index (χ2n) is 3.05. The minimum Gasteiger partial charge on any atom is -0.462 e. The second kappa shape index (κ2) is 4.96. The van der Waals surface area contributed by atoms with Crippen LogP contribution in [0.25, 0.3) is 0 Å². The number of alkyl halides is 2. The Morgan fingerprint density at radius 2 is 2.19 bits per heavy atom. The van der Waals surface area contributed by atoms with E-state index in [2.05, 4.69) is 9.72 Å². The van der Waals surface area contributed by atoms with Crippen LogP contribution in [0.2, 0.25) is 0 Å². The number of hydrogen-bond donors (Lipinski definition) is 0. The lowest BCUT2D eigenvalue weighted by Gasteiger charge is -2.08. The average Bonchev–Trinajstić information content (AvgIpc) is 2.16. The molecule has 16 heavy (non-hydrogen) atoms. The smallest absolute Gasteiger partial charge is 0.343 e. The van der Waals surface area contributed by atoms with Gasteiger partial charge in [0.05, 0.1) is 6.61 Å². The van der Waals surface area contributed by atoms with Crippen molar-refractivity contribution < 1.29 is 22.7 Å². The summed E-state index contributed by atoms with van der Waals surface area (Å²) < 4.78 is 42.4. The normalized spacial score (nSPS) is 10.6. The Labute approximate surface area is 90.2 Å². The van der Waals surface area contributed by atoms with E-state index < -0.39 is 29.6 Å². The van der Waals surface area contributed by atoms with E-state index in [-0.39, 0.29) is 12.2 Å². The van der Waals surface area contributed by atoms with Gasteiger partial charge in [0, 0.05) is 0 Å². The van der Waals surface area contributed by atoms with Crippen LogP contribution in [0.5, 0.6) is 0 Å². The van der Waals surface area contributed by atoms with E-state index in [9.17, 15) is 18.0 Å². The Morgan fingerprint density at radius 1 is 1.56 bits per heavy atom. The van der Waals surface area contributed by atoms with Crippen molar-refractivity contribution in [1.29, 1.82) is 0 Å². The van der Waals surface area contributed by atoms with Crippen LogP contribution in [0.15, 0.2) is 6.07 Å². The fraction of sp³-hybridized carbons (Fsp3) is 0.400. The molecule has 0 aromatic carbocycles. The Morgan fingerprint density at radius 3 is 2.62 bits per heavy atom. The molecule has 1 aromatic heterocycles. The van der Waals surface area contributed by atoms with Crippen molar-refractivity contribution in [1.82, 2.24) is 4.98 Å². The lowest BCUT2D eigenvalue weighted by atomic mass is 10.1. The van der Waals surface area contributed by atoms with Crippen molar-refractivity contribution in [2.75, 3.05) is 6.61 Å². The minimum atomic E-state index is -2.87. The van der Waals surface area contributed by atoms with E-state index in [0.717, 1.165) is 6.07 Å². The molecular weight excluding hydrogens is 223 g/mol. The fourth-order valence-corrected chi connectivity index (χ4v) is 1.22. The molecule has 0 radical (unpaired) electrons. The van der Waals surface area contributed by atoms with Gasteiger partial charge in [-0.25, -0.2) is 18.6 Å². The Bertz CT molecular complexity index is 384. The van der Waals surface area contributed by atoms with Crippen LogP contribution in [-0.2, 0) is 4.74 Å². The molecule has 0 aliphatic carbocycles. The van der Waals surface area contributed by atoms with E-state index in [1.54, 1.807) is 6.92 Å². The number of ether oxygens (including phenoxy) is 1. The van der Waals surface area contributed by atoms with Crippen molar-refractivity contribution in [2.24, 2.45) is 0 Å². The lowest BCUT2D eigenvalue weighted by molar-refractivity contribution is 0.0518. The number of aryl methyl sites for hydroxylation is 1. The van der Waals surface area contributed by atoms with Gasteiger partial charge in [-0.3, -0.25) is 0 Å². The molecule has 0 aliphatic heterocycles. The molecule has 0 atom stereocenters. The van der Waals surface area contributed by atoms with E-state index in [1.807, 2.05) is 0 Å². The zero-order chi connectivity index (χ0) is 12.3. The number of esters is 1. The molecule has 0 aliphatic rings. The van der Waals surface area contributed by atoms with E-state index in [4.69, 9.17) is 0 Å². The summed E-state index contributed by atoms with van der Waals surface area (Å²) in [6, 6.07) is 0.972. The fourth-order valence-electron chi connectivity index (χ4n) is 1.22. The molecular formula is C10H10F3NO2. The first-order valence-electron chi connectivity index (χ1n) is 4.59. The molecule has 1 rings (SSSR count). The summed E-state index contributed by atoms with van der Waals surface area (Å²) >= 11 is 0. The summed E-state index contributed by atoms with van der Waals surface area (Å²) in [5.74, 6) is -2.13. The number of pyridine rings is 1. The number of rotatable bonds is 3. The Balaban J connectivity index is 3.17. The second-order valence-corrected chi connectivity index (χ2v) is 3.05. The van der Waals surface area contributed by atoms with Gasteiger partial charge >= 0.3 is 5.97 Å². The number of hydrogen-bond acceptors (Lipinski definition) is 3. The van der Waals surface area contributed by atoms with Gasteiger partial charge in [-0.15, -0.1) is 0 Å². The van der Waals surface area contributed by atoms with Gasteiger partial charge in [0.2, 0.25) is 5.95 Å². The van der Waals surface area contributed by atoms with Gasteiger partial charge in [0.1, 0.15) is 11.3 Å². The molecule has 3 nitrogen and oxygen atoms in total. The van der Waals surface area contributed by atoms with Crippen molar-refractivity contribution in [2.45, 2.75) is 20.3 Å². The maximum atomic E-state index is 13.3. The van der Waals surface area contributed by atoms with E-state index in [0.29, 0.717) is 0 Å². The molecule has 0 spiro atoms. The van der Waals surface area contributed by atoms with E-state index in [1.165, 1.54) is 6.92 Å². The summed E-state index contributed by atoms with van der Waals surface area (Å²) in [6.45, 7) is 2.99. The highest BCUT2D eigenvalue weighted by molar-refractivity contribution is 5.90. The molecule has 1 heterocycles. The van der Waals surface area contributed by atoms with Crippen LogP contribution >= 0.6 is 0 Å². The standard InChI is InChI=1S/C10H10F3NO2/c1-3-16-10(15)7-5(2)4-6(8(11)12)14-9(7)13/h4,8H,3H2,1-2H3. The summed E-state index contributed by atoms with van der Waals surface area (Å²) in [5.41, 5.74) is -1.00. The third-order valence-electron chi connectivity index (χ3n) is 1.90. The molecule has 88 valence electrons. The predicted octanol–water partition coefficient (Wildman–Crippen LogP) is 2.64. The molecule has 0 fully saturated rings. The maximum Gasteiger partial charge on any atom is 0.343 e. The average molecular weight is 233 g/mol. The van der Waals surface area contributed by atoms with Gasteiger partial charge in [-0.2, -0.15) is 4.39 Å². The molecule has 0 saturated heterocycles. The van der Waals surface area contributed by atoms with Crippen LogP contribution in [0.1, 0.15) is 35.0 Å². The first kappa shape index (κ1) is 12.5. The van der Waals surface area contributed by atoms with Crippen LogP contribution in [0, 0.1) is 12.9 Å². The molecule has 6 heteroatoms. The van der Waals surface area contributed by atoms with Crippen molar-refractivity contribution >= 4 is 5.97 Å². The summed E-state index contributed by atoms with van der Waals surface area (Å²) in [7, 11) is 0. The predicted molar refractivity (Wildman–Crippen MR) is 49.8 cm³/mol. The highest BCUT2D eigenvalue weighted by atomic mass is 19.3. The van der Waals surface area contributed by atoms with Gasteiger partial charge in [-0.05, 0) is 25.5 Å². The SMILES string of the molecule is CCOC(=O)c1c(C)cc(C(F)F)nc1F. The van der Waals surface area contributed by atoms with Gasteiger partial charge in [-0.1, -0.05) is 0 Å². The highest BCUT2D eigenvalue weighted by Gasteiger charge is 2.21. The van der Waals surface area contributed by atoms with Crippen molar-refractivity contribution in [3.8, 4) is 0 Å². The number of nitrogens with zero attached hydrogens (tertiary/aromatic N) is 1. The Hall–Kier alpha value is -1.59. The van der Waals surface area contributed by atoms with Crippen molar-refractivity contribution in [3.05, 3.63) is 28.8 Å². The first-order chi connectivity index (χ1) is 7.47. The molecule has 0 bridgehead atoms. The zero-order valence-electron chi connectivity index (χ0n) is 8.76. The van der Waals surface area contributed by atoms with Gasteiger partial charge in [0.15, 0.2) is 0 Å². The minimum absolute atomic E-state index is 0.0777. The molecule has 0 saturated carbocycles. The third-order valence-corrected chi connectivity index (χ3v) is 1.90. The number of carbonyl (C=O) groups is 1. The van der Waals surface area contributed by atoms with Crippen LogP contribution in [0.4, 0.5) is 13.2 Å². The summed E-state index contributed by atoms with van der Waals surface area (Å²) in [4.78, 5) is 14.3. The lowest BCUT2D eigenvalue weighted by Crippen LogP contribution is -2.12. The quantitative estimate of drug-likeness (QED) is 0.595. The topological polar surface area (TPSA) is 39.2 Å². The largest absolute Gasteiger partial charge is 0.462 e. The highest BCUT2D eigenvalue weighted by Crippen LogP contribution is 2.21. The summed E-state index contributed by atoms with van der Waals surface area (Å²) in [5, 5.41) is 0. The van der Waals surface area contributed by atoms with Crippen LogP contribution in [0.3, 0.4) is 0 Å². The monoisotopic (exact) mass is 233 g/mol.